The van der Waals surface area contributed by atoms with E-state index in [1.807, 2.05) is 6.92 Å². The van der Waals surface area contributed by atoms with Crippen LogP contribution in [0.4, 0.5) is 4.79 Å². The van der Waals surface area contributed by atoms with Crippen molar-refractivity contribution in [1.29, 1.82) is 0 Å². The van der Waals surface area contributed by atoms with Crippen molar-refractivity contribution in [2.24, 2.45) is 0 Å². The Balaban J connectivity index is 1.59. The van der Waals surface area contributed by atoms with Gasteiger partial charge in [0.2, 0.25) is 0 Å². The maximum atomic E-state index is 12.5. The molecule has 0 saturated carbocycles. The second-order valence-corrected chi connectivity index (χ2v) is 7.75. The van der Waals surface area contributed by atoms with Crippen molar-refractivity contribution in [3.8, 4) is 5.75 Å². The lowest BCUT2D eigenvalue weighted by Gasteiger charge is -2.13. The first-order valence-electron chi connectivity index (χ1n) is 8.83. The van der Waals surface area contributed by atoms with Gasteiger partial charge in [-0.3, -0.25) is 19.3 Å². The number of carbonyl (C=O) groups excluding carboxylic acids is 3. The monoisotopic (exact) mass is 430 g/mol. The molecule has 0 bridgehead atoms. The van der Waals surface area contributed by atoms with E-state index in [1.54, 1.807) is 55.7 Å². The van der Waals surface area contributed by atoms with Gasteiger partial charge < -0.3 is 10.1 Å². The molecular formula is C21H19ClN2O4S. The molecule has 0 spiro atoms. The largest absolute Gasteiger partial charge is 0.496 e. The first-order valence-corrected chi connectivity index (χ1v) is 10.0. The molecule has 1 aliphatic heterocycles. The molecule has 0 atom stereocenters. The van der Waals surface area contributed by atoms with Gasteiger partial charge in [0, 0.05) is 23.7 Å². The van der Waals surface area contributed by atoms with Crippen LogP contribution in [0.1, 0.15) is 21.5 Å². The Labute approximate surface area is 177 Å². The Hall–Kier alpha value is -2.77. The Bertz CT molecular complexity index is 989. The van der Waals surface area contributed by atoms with Crippen molar-refractivity contribution in [2.75, 3.05) is 20.2 Å². The van der Waals surface area contributed by atoms with E-state index in [-0.39, 0.29) is 30.1 Å². The zero-order valence-electron chi connectivity index (χ0n) is 15.9. The number of nitrogens with zero attached hydrogens (tertiary/aromatic N) is 1. The molecule has 6 nitrogen and oxygen atoms in total. The summed E-state index contributed by atoms with van der Waals surface area (Å²) in [7, 11) is 1.54. The topological polar surface area (TPSA) is 75.7 Å². The summed E-state index contributed by atoms with van der Waals surface area (Å²) in [6, 6.07) is 12.1. The van der Waals surface area contributed by atoms with Crippen LogP contribution in [0.2, 0.25) is 5.02 Å². The average Bonchev–Trinajstić information content (AvgIpc) is 2.97. The standard InChI is InChI=1S/C21H19ClN2O4S/c1-13-3-6-15(12-17(13)28-2)19(25)23-9-10-24-20(26)18(29-21(24)27)11-14-4-7-16(22)8-5-14/h3-8,11-12H,9-10H2,1-2H3,(H,23,25)/b18-11-. The molecule has 2 aromatic rings. The molecule has 0 unspecified atom stereocenters. The fourth-order valence-corrected chi connectivity index (χ4v) is 3.74. The summed E-state index contributed by atoms with van der Waals surface area (Å²) in [5, 5.41) is 2.96. The number of halogens is 1. The van der Waals surface area contributed by atoms with E-state index in [0.29, 0.717) is 21.2 Å². The summed E-state index contributed by atoms with van der Waals surface area (Å²) >= 11 is 6.74. The lowest BCUT2D eigenvalue weighted by Crippen LogP contribution is -2.37. The van der Waals surface area contributed by atoms with Crippen LogP contribution in [0, 0.1) is 6.92 Å². The average molecular weight is 431 g/mol. The number of benzene rings is 2. The number of imide groups is 1. The first kappa shape index (κ1) is 21.0. The number of hydrogen-bond donors (Lipinski definition) is 1. The van der Waals surface area contributed by atoms with Gasteiger partial charge in [-0.25, -0.2) is 0 Å². The smallest absolute Gasteiger partial charge is 0.293 e. The molecule has 0 aromatic heterocycles. The second kappa shape index (κ2) is 9.15. The van der Waals surface area contributed by atoms with Crippen molar-refractivity contribution in [3.05, 3.63) is 69.1 Å². The molecule has 8 heteroatoms. The Morgan fingerprint density at radius 3 is 2.62 bits per heavy atom. The minimum Gasteiger partial charge on any atom is -0.496 e. The molecule has 1 aliphatic rings. The SMILES string of the molecule is COc1cc(C(=O)NCCN2C(=O)S/C(=C\c3ccc(Cl)cc3)C2=O)ccc1C. The predicted octanol–water partition coefficient (Wildman–Crippen LogP) is 4.12. The molecule has 1 N–H and O–H groups in total. The molecule has 29 heavy (non-hydrogen) atoms. The maximum absolute atomic E-state index is 12.5. The summed E-state index contributed by atoms with van der Waals surface area (Å²) in [6.45, 7) is 2.14. The first-order chi connectivity index (χ1) is 13.9. The highest BCUT2D eigenvalue weighted by Crippen LogP contribution is 2.32. The minimum atomic E-state index is -0.374. The Morgan fingerprint density at radius 1 is 1.21 bits per heavy atom. The normalized spacial score (nSPS) is 15.1. The van der Waals surface area contributed by atoms with Gasteiger partial charge >= 0.3 is 0 Å². The number of carbonyl (C=O) groups is 3. The zero-order valence-corrected chi connectivity index (χ0v) is 17.5. The van der Waals surface area contributed by atoms with E-state index in [1.165, 1.54) is 0 Å². The number of ether oxygens (including phenoxy) is 1. The van der Waals surface area contributed by atoms with E-state index in [9.17, 15) is 14.4 Å². The Morgan fingerprint density at radius 2 is 1.93 bits per heavy atom. The van der Waals surface area contributed by atoms with E-state index in [0.717, 1.165) is 27.8 Å². The van der Waals surface area contributed by atoms with Gasteiger partial charge in [0.15, 0.2) is 0 Å². The lowest BCUT2D eigenvalue weighted by molar-refractivity contribution is -0.122. The van der Waals surface area contributed by atoms with Gasteiger partial charge in [-0.2, -0.15) is 0 Å². The van der Waals surface area contributed by atoms with E-state index < -0.39 is 0 Å². The third-order valence-electron chi connectivity index (χ3n) is 4.33. The van der Waals surface area contributed by atoms with Gasteiger partial charge in [0.25, 0.3) is 17.1 Å². The van der Waals surface area contributed by atoms with Crippen molar-refractivity contribution >= 4 is 46.5 Å². The van der Waals surface area contributed by atoms with E-state index in [4.69, 9.17) is 16.3 Å². The fraction of sp³-hybridized carbons (Fsp3) is 0.190. The van der Waals surface area contributed by atoms with Gasteiger partial charge in [-0.05, 0) is 60.2 Å². The molecular weight excluding hydrogens is 412 g/mol. The lowest BCUT2D eigenvalue weighted by atomic mass is 10.1. The number of amides is 3. The summed E-state index contributed by atoms with van der Waals surface area (Å²) in [5.74, 6) is -0.0518. The number of nitrogens with one attached hydrogen (secondary N) is 1. The number of aryl methyl sites for hydroxylation is 1. The third-order valence-corrected chi connectivity index (χ3v) is 5.49. The quantitative estimate of drug-likeness (QED) is 0.697. The summed E-state index contributed by atoms with van der Waals surface area (Å²) in [5.41, 5.74) is 2.15. The molecule has 1 fully saturated rings. The van der Waals surface area contributed by atoms with Crippen molar-refractivity contribution in [2.45, 2.75) is 6.92 Å². The minimum absolute atomic E-state index is 0.0946. The Kier molecular flexibility index (Phi) is 6.61. The number of methoxy groups -OCH3 is 1. The van der Waals surface area contributed by atoms with Gasteiger partial charge in [0.1, 0.15) is 5.75 Å². The third kappa shape index (κ3) is 4.99. The van der Waals surface area contributed by atoms with Crippen LogP contribution in [0.5, 0.6) is 5.75 Å². The zero-order chi connectivity index (χ0) is 21.0. The van der Waals surface area contributed by atoms with Crippen LogP contribution >= 0.6 is 23.4 Å². The molecule has 0 radical (unpaired) electrons. The number of thioether (sulfide) groups is 1. The predicted molar refractivity (Wildman–Crippen MR) is 114 cm³/mol. The summed E-state index contributed by atoms with van der Waals surface area (Å²) in [6.07, 6.45) is 1.65. The second-order valence-electron chi connectivity index (χ2n) is 6.33. The molecule has 3 rings (SSSR count). The number of hydrogen-bond acceptors (Lipinski definition) is 5. The van der Waals surface area contributed by atoms with Crippen LogP contribution < -0.4 is 10.1 Å². The maximum Gasteiger partial charge on any atom is 0.293 e. The molecule has 1 heterocycles. The molecule has 1 saturated heterocycles. The molecule has 3 amide bonds. The van der Waals surface area contributed by atoms with Crippen molar-refractivity contribution < 1.29 is 19.1 Å². The summed E-state index contributed by atoms with van der Waals surface area (Å²) < 4.78 is 5.22. The fourth-order valence-electron chi connectivity index (χ4n) is 2.75. The molecule has 2 aromatic carbocycles. The summed E-state index contributed by atoms with van der Waals surface area (Å²) in [4.78, 5) is 38.5. The van der Waals surface area contributed by atoms with Gasteiger partial charge in [-0.15, -0.1) is 0 Å². The highest BCUT2D eigenvalue weighted by atomic mass is 35.5. The van der Waals surface area contributed by atoms with E-state index >= 15 is 0 Å². The van der Waals surface area contributed by atoms with Crippen LogP contribution in [0.15, 0.2) is 47.4 Å². The van der Waals surface area contributed by atoms with E-state index in [2.05, 4.69) is 5.32 Å². The van der Waals surface area contributed by atoms with Gasteiger partial charge in [-0.1, -0.05) is 29.8 Å². The van der Waals surface area contributed by atoms with Gasteiger partial charge in [0.05, 0.1) is 12.0 Å². The van der Waals surface area contributed by atoms with Crippen LogP contribution in [0.3, 0.4) is 0 Å². The number of rotatable bonds is 6. The van der Waals surface area contributed by atoms with Crippen molar-refractivity contribution in [3.63, 3.8) is 0 Å². The van der Waals surface area contributed by atoms with Crippen LogP contribution in [-0.2, 0) is 4.79 Å². The van der Waals surface area contributed by atoms with Crippen LogP contribution in [-0.4, -0.2) is 42.2 Å². The molecule has 150 valence electrons. The highest BCUT2D eigenvalue weighted by molar-refractivity contribution is 8.18. The molecule has 0 aliphatic carbocycles. The van der Waals surface area contributed by atoms with Crippen molar-refractivity contribution in [1.82, 2.24) is 10.2 Å². The highest BCUT2D eigenvalue weighted by Gasteiger charge is 2.34. The van der Waals surface area contributed by atoms with Crippen LogP contribution in [0.25, 0.3) is 6.08 Å².